The van der Waals surface area contributed by atoms with Crippen molar-refractivity contribution in [2.24, 2.45) is 5.92 Å². The number of amides is 1. The number of nitrogens with one attached hydrogen (secondary N) is 1. The highest BCUT2D eigenvalue weighted by Crippen LogP contribution is 2.24. The van der Waals surface area contributed by atoms with Crippen LogP contribution in [-0.2, 0) is 4.79 Å². The van der Waals surface area contributed by atoms with Crippen LogP contribution < -0.4 is 5.32 Å². The van der Waals surface area contributed by atoms with E-state index in [1.807, 2.05) is 6.92 Å². The summed E-state index contributed by atoms with van der Waals surface area (Å²) in [5.74, 6) is 2.31. The van der Waals surface area contributed by atoms with Gasteiger partial charge in [0, 0.05) is 12.4 Å². The molecule has 2 unspecified atom stereocenters. The van der Waals surface area contributed by atoms with E-state index in [1.165, 1.54) is 12.8 Å². The van der Waals surface area contributed by atoms with Crippen molar-refractivity contribution >= 4 is 29.3 Å². The van der Waals surface area contributed by atoms with Gasteiger partial charge in [-0.3, -0.25) is 4.79 Å². The summed E-state index contributed by atoms with van der Waals surface area (Å²) in [6.07, 6.45) is 3.48. The second-order valence-corrected chi connectivity index (χ2v) is 5.48. The predicted molar refractivity (Wildman–Crippen MR) is 63.0 cm³/mol. The van der Waals surface area contributed by atoms with Gasteiger partial charge in [-0.25, -0.2) is 0 Å². The van der Waals surface area contributed by atoms with E-state index in [0.29, 0.717) is 18.3 Å². The molecule has 1 aliphatic heterocycles. The normalized spacial score (nSPS) is 24.3. The summed E-state index contributed by atoms with van der Waals surface area (Å²) in [5.41, 5.74) is 0. The van der Waals surface area contributed by atoms with Crippen LogP contribution in [0.1, 0.15) is 26.2 Å². The molecule has 1 saturated heterocycles. The molecule has 0 bridgehead atoms. The molecule has 82 valence electrons. The Kier molecular flexibility index (Phi) is 5.71. The molecule has 1 rings (SSSR count). The Morgan fingerprint density at radius 3 is 3.00 bits per heavy atom. The lowest BCUT2D eigenvalue weighted by molar-refractivity contribution is -0.120. The second kappa shape index (κ2) is 6.57. The maximum absolute atomic E-state index is 11.6. The minimum Gasteiger partial charge on any atom is -0.355 e. The van der Waals surface area contributed by atoms with E-state index >= 15 is 0 Å². The van der Waals surface area contributed by atoms with E-state index in [1.54, 1.807) is 11.8 Å². The lowest BCUT2D eigenvalue weighted by Crippen LogP contribution is -2.36. The first-order valence-corrected chi connectivity index (χ1v) is 6.77. The Labute approximate surface area is 95.2 Å². The summed E-state index contributed by atoms with van der Waals surface area (Å²) in [7, 11) is 0. The van der Waals surface area contributed by atoms with Crippen molar-refractivity contribution in [2.45, 2.75) is 31.4 Å². The van der Waals surface area contributed by atoms with E-state index < -0.39 is 0 Å². The van der Waals surface area contributed by atoms with Gasteiger partial charge in [0.15, 0.2) is 0 Å². The maximum atomic E-state index is 11.6. The van der Waals surface area contributed by atoms with Gasteiger partial charge in [-0.15, -0.1) is 23.4 Å². The van der Waals surface area contributed by atoms with Crippen LogP contribution >= 0.6 is 23.4 Å². The fourth-order valence-electron chi connectivity index (χ4n) is 1.39. The zero-order valence-electron chi connectivity index (χ0n) is 8.59. The summed E-state index contributed by atoms with van der Waals surface area (Å²) in [4.78, 5) is 11.6. The molecule has 2 nitrogen and oxygen atoms in total. The first-order chi connectivity index (χ1) is 6.74. The van der Waals surface area contributed by atoms with E-state index in [0.717, 1.165) is 12.2 Å². The van der Waals surface area contributed by atoms with Crippen molar-refractivity contribution in [3.05, 3.63) is 0 Å². The third-order valence-electron chi connectivity index (χ3n) is 2.36. The minimum atomic E-state index is 0.186. The summed E-state index contributed by atoms with van der Waals surface area (Å²) in [6.45, 7) is 2.75. The van der Waals surface area contributed by atoms with Crippen LogP contribution in [0, 0.1) is 5.92 Å². The summed E-state index contributed by atoms with van der Waals surface area (Å²) in [6, 6.07) is 0. The molecule has 1 heterocycles. The van der Waals surface area contributed by atoms with Crippen molar-refractivity contribution in [3.8, 4) is 0 Å². The molecule has 0 aromatic carbocycles. The quantitative estimate of drug-likeness (QED) is 0.758. The van der Waals surface area contributed by atoms with E-state index in [2.05, 4.69) is 5.32 Å². The number of alkyl halides is 1. The molecule has 1 aliphatic rings. The van der Waals surface area contributed by atoms with Crippen LogP contribution in [0.25, 0.3) is 0 Å². The highest BCUT2D eigenvalue weighted by atomic mass is 35.5. The molecule has 0 radical (unpaired) electrons. The van der Waals surface area contributed by atoms with Crippen LogP contribution in [0.3, 0.4) is 0 Å². The molecule has 4 heteroatoms. The van der Waals surface area contributed by atoms with Gasteiger partial charge in [0.05, 0.1) is 5.25 Å². The number of hydrogen-bond donors (Lipinski definition) is 1. The van der Waals surface area contributed by atoms with Crippen molar-refractivity contribution in [3.63, 3.8) is 0 Å². The molecule has 0 aromatic rings. The highest BCUT2D eigenvalue weighted by molar-refractivity contribution is 8.00. The van der Waals surface area contributed by atoms with Gasteiger partial charge < -0.3 is 5.32 Å². The average molecular weight is 236 g/mol. The first-order valence-electron chi connectivity index (χ1n) is 5.19. The predicted octanol–water partition coefficient (Wildman–Crippen LogP) is 2.26. The van der Waals surface area contributed by atoms with E-state index in [-0.39, 0.29) is 11.2 Å². The second-order valence-electron chi connectivity index (χ2n) is 3.86. The molecule has 14 heavy (non-hydrogen) atoms. The van der Waals surface area contributed by atoms with Gasteiger partial charge in [0.2, 0.25) is 5.91 Å². The monoisotopic (exact) mass is 235 g/mol. The SMILES string of the molecule is CC(CCl)CNC(=O)C1CCCCS1. The lowest BCUT2D eigenvalue weighted by atomic mass is 10.1. The van der Waals surface area contributed by atoms with Crippen molar-refractivity contribution in [1.29, 1.82) is 0 Å². The average Bonchev–Trinajstić information content (AvgIpc) is 2.26. The number of hydrogen-bond acceptors (Lipinski definition) is 2. The Morgan fingerprint density at radius 2 is 2.43 bits per heavy atom. The van der Waals surface area contributed by atoms with Crippen molar-refractivity contribution in [1.82, 2.24) is 5.32 Å². The fourth-order valence-corrected chi connectivity index (χ4v) is 2.72. The molecule has 0 saturated carbocycles. The van der Waals surface area contributed by atoms with Crippen LogP contribution in [0.15, 0.2) is 0 Å². The molecule has 0 aliphatic carbocycles. The van der Waals surface area contributed by atoms with Gasteiger partial charge in [-0.2, -0.15) is 0 Å². The summed E-state index contributed by atoms with van der Waals surface area (Å²) < 4.78 is 0. The van der Waals surface area contributed by atoms with E-state index in [9.17, 15) is 4.79 Å². The molecule has 2 atom stereocenters. The van der Waals surface area contributed by atoms with Gasteiger partial charge >= 0.3 is 0 Å². The summed E-state index contributed by atoms with van der Waals surface area (Å²) in [5, 5.41) is 3.15. The molecule has 1 fully saturated rings. The molecule has 0 spiro atoms. The van der Waals surface area contributed by atoms with Gasteiger partial charge in [0.1, 0.15) is 0 Å². The van der Waals surface area contributed by atoms with Gasteiger partial charge in [-0.05, 0) is 24.5 Å². The van der Waals surface area contributed by atoms with Crippen molar-refractivity contribution in [2.75, 3.05) is 18.2 Å². The van der Waals surface area contributed by atoms with Crippen LogP contribution in [0.2, 0.25) is 0 Å². The Hall–Kier alpha value is 0.110. The van der Waals surface area contributed by atoms with Gasteiger partial charge in [-0.1, -0.05) is 13.3 Å². The van der Waals surface area contributed by atoms with Crippen molar-refractivity contribution < 1.29 is 4.79 Å². The third-order valence-corrected chi connectivity index (χ3v) is 4.26. The molecule has 1 amide bonds. The zero-order chi connectivity index (χ0) is 10.4. The highest BCUT2D eigenvalue weighted by Gasteiger charge is 2.21. The Bertz CT molecular complexity index is 183. The standard InChI is InChI=1S/C10H18ClNOS/c1-8(6-11)7-12-10(13)9-4-2-3-5-14-9/h8-9H,2-7H2,1H3,(H,12,13). The number of halogens is 1. The molecule has 1 N–H and O–H groups in total. The Morgan fingerprint density at radius 1 is 1.64 bits per heavy atom. The zero-order valence-corrected chi connectivity index (χ0v) is 10.2. The number of carbonyl (C=O) groups excluding carboxylic acids is 1. The summed E-state index contributed by atoms with van der Waals surface area (Å²) >= 11 is 7.45. The fraction of sp³-hybridized carbons (Fsp3) is 0.900. The minimum absolute atomic E-state index is 0.186. The van der Waals surface area contributed by atoms with E-state index in [4.69, 9.17) is 11.6 Å². The van der Waals surface area contributed by atoms with Crippen LogP contribution in [0.4, 0.5) is 0 Å². The number of carbonyl (C=O) groups is 1. The van der Waals surface area contributed by atoms with Gasteiger partial charge in [0.25, 0.3) is 0 Å². The number of thioether (sulfide) groups is 1. The Balaban J connectivity index is 2.19. The molecular formula is C10H18ClNOS. The third kappa shape index (κ3) is 4.09. The number of rotatable bonds is 4. The lowest BCUT2D eigenvalue weighted by Gasteiger charge is -2.21. The largest absolute Gasteiger partial charge is 0.355 e. The van der Waals surface area contributed by atoms with Crippen LogP contribution in [-0.4, -0.2) is 29.3 Å². The van der Waals surface area contributed by atoms with Crippen LogP contribution in [0.5, 0.6) is 0 Å². The topological polar surface area (TPSA) is 29.1 Å². The molecule has 0 aromatic heterocycles. The maximum Gasteiger partial charge on any atom is 0.233 e. The smallest absolute Gasteiger partial charge is 0.233 e. The first kappa shape index (κ1) is 12.2. The molecular weight excluding hydrogens is 218 g/mol.